The van der Waals surface area contributed by atoms with Gasteiger partial charge in [-0.3, -0.25) is 0 Å². The van der Waals surface area contributed by atoms with Crippen LogP contribution < -0.4 is 0 Å². The van der Waals surface area contributed by atoms with E-state index in [4.69, 9.17) is 9.84 Å². The SMILES string of the molecule is C[C@@H](O)CC[C@H]1CCC[C@@H](CCCCCO)O1. The van der Waals surface area contributed by atoms with Crippen LogP contribution in [0.25, 0.3) is 0 Å². The van der Waals surface area contributed by atoms with Crippen molar-refractivity contribution in [1.29, 1.82) is 0 Å². The first kappa shape index (κ1) is 14.9. The molecule has 1 aliphatic heterocycles. The van der Waals surface area contributed by atoms with Crippen LogP contribution in [0.3, 0.4) is 0 Å². The number of aliphatic hydroxyl groups excluding tert-OH is 2. The first-order valence-corrected chi connectivity index (χ1v) is 7.16. The molecule has 0 saturated carbocycles. The zero-order valence-corrected chi connectivity index (χ0v) is 11.1. The summed E-state index contributed by atoms with van der Waals surface area (Å²) < 4.78 is 6.04. The molecule has 3 atom stereocenters. The van der Waals surface area contributed by atoms with Crippen molar-refractivity contribution in [1.82, 2.24) is 0 Å². The van der Waals surface area contributed by atoms with E-state index in [9.17, 15) is 5.11 Å². The summed E-state index contributed by atoms with van der Waals surface area (Å²) in [4.78, 5) is 0. The van der Waals surface area contributed by atoms with Gasteiger partial charge >= 0.3 is 0 Å². The monoisotopic (exact) mass is 244 g/mol. The van der Waals surface area contributed by atoms with Gasteiger partial charge in [0.05, 0.1) is 18.3 Å². The molecule has 2 N–H and O–H groups in total. The quantitative estimate of drug-likeness (QED) is 0.645. The van der Waals surface area contributed by atoms with Crippen molar-refractivity contribution < 1.29 is 14.9 Å². The standard InChI is InChI=1S/C14H28O3/c1-12(16)9-10-14-8-5-7-13(17-14)6-3-2-4-11-15/h12-16H,2-11H2,1H3/t12-,13-,14-/m1/s1. The zero-order valence-electron chi connectivity index (χ0n) is 11.1. The molecule has 3 heteroatoms. The lowest BCUT2D eigenvalue weighted by Crippen LogP contribution is -2.28. The Hall–Kier alpha value is -0.120. The van der Waals surface area contributed by atoms with Gasteiger partial charge in [-0.1, -0.05) is 12.8 Å². The fourth-order valence-electron chi connectivity index (χ4n) is 2.49. The van der Waals surface area contributed by atoms with Gasteiger partial charge in [0.15, 0.2) is 0 Å². The highest BCUT2D eigenvalue weighted by Gasteiger charge is 2.21. The largest absolute Gasteiger partial charge is 0.396 e. The minimum atomic E-state index is -0.205. The minimum Gasteiger partial charge on any atom is -0.396 e. The normalized spacial score (nSPS) is 27.0. The van der Waals surface area contributed by atoms with Gasteiger partial charge < -0.3 is 14.9 Å². The van der Waals surface area contributed by atoms with Crippen LogP contribution in [0.5, 0.6) is 0 Å². The van der Waals surface area contributed by atoms with Crippen LogP contribution >= 0.6 is 0 Å². The molecule has 0 aliphatic carbocycles. The molecule has 0 radical (unpaired) electrons. The van der Waals surface area contributed by atoms with E-state index in [1.54, 1.807) is 0 Å². The van der Waals surface area contributed by atoms with E-state index >= 15 is 0 Å². The molecule has 3 nitrogen and oxygen atoms in total. The van der Waals surface area contributed by atoms with Crippen LogP contribution in [0, 0.1) is 0 Å². The van der Waals surface area contributed by atoms with Crippen molar-refractivity contribution in [2.45, 2.75) is 83.0 Å². The molecule has 1 heterocycles. The predicted octanol–water partition coefficient (Wildman–Crippen LogP) is 2.64. The van der Waals surface area contributed by atoms with E-state index in [-0.39, 0.29) is 6.10 Å². The Kier molecular flexibility index (Phi) is 7.82. The average Bonchev–Trinajstić information content (AvgIpc) is 2.33. The maximum Gasteiger partial charge on any atom is 0.0579 e. The second-order valence-electron chi connectivity index (χ2n) is 5.31. The number of aliphatic hydroxyl groups is 2. The summed E-state index contributed by atoms with van der Waals surface area (Å²) in [6.45, 7) is 2.15. The van der Waals surface area contributed by atoms with Crippen molar-refractivity contribution in [2.75, 3.05) is 6.61 Å². The summed E-state index contributed by atoms with van der Waals surface area (Å²) in [5.41, 5.74) is 0. The summed E-state index contributed by atoms with van der Waals surface area (Å²) >= 11 is 0. The average molecular weight is 244 g/mol. The van der Waals surface area contributed by atoms with E-state index in [1.165, 1.54) is 12.8 Å². The predicted molar refractivity (Wildman–Crippen MR) is 69.0 cm³/mol. The molecule has 0 unspecified atom stereocenters. The smallest absolute Gasteiger partial charge is 0.0579 e. The van der Waals surface area contributed by atoms with Gasteiger partial charge in [0.25, 0.3) is 0 Å². The molecule has 0 aromatic carbocycles. The van der Waals surface area contributed by atoms with E-state index in [1.807, 2.05) is 6.92 Å². The first-order chi connectivity index (χ1) is 8.22. The van der Waals surface area contributed by atoms with Crippen LogP contribution in [-0.2, 0) is 4.74 Å². The molecule has 0 spiro atoms. The molecule has 1 aliphatic rings. The Labute approximate surface area is 105 Å². The lowest BCUT2D eigenvalue weighted by Gasteiger charge is -2.30. The van der Waals surface area contributed by atoms with Crippen LogP contribution in [0.4, 0.5) is 0 Å². The summed E-state index contributed by atoms with van der Waals surface area (Å²) in [5, 5.41) is 18.0. The highest BCUT2D eigenvalue weighted by molar-refractivity contribution is 4.72. The summed E-state index contributed by atoms with van der Waals surface area (Å²) in [6, 6.07) is 0. The molecular weight excluding hydrogens is 216 g/mol. The van der Waals surface area contributed by atoms with Gasteiger partial charge in [0, 0.05) is 6.61 Å². The maximum absolute atomic E-state index is 9.27. The molecule has 102 valence electrons. The molecular formula is C14H28O3. The molecule has 1 saturated heterocycles. The maximum atomic E-state index is 9.27. The van der Waals surface area contributed by atoms with Gasteiger partial charge in [-0.15, -0.1) is 0 Å². The first-order valence-electron chi connectivity index (χ1n) is 7.16. The van der Waals surface area contributed by atoms with E-state index in [0.717, 1.165) is 44.9 Å². The Morgan fingerprint density at radius 3 is 2.47 bits per heavy atom. The third-order valence-electron chi connectivity index (χ3n) is 3.53. The highest BCUT2D eigenvalue weighted by atomic mass is 16.5. The number of unbranched alkanes of at least 4 members (excludes halogenated alkanes) is 2. The number of ether oxygens (including phenoxy) is 1. The van der Waals surface area contributed by atoms with Crippen molar-refractivity contribution in [3.8, 4) is 0 Å². The molecule has 0 bridgehead atoms. The van der Waals surface area contributed by atoms with Gasteiger partial charge in [-0.2, -0.15) is 0 Å². The number of rotatable bonds is 8. The lowest BCUT2D eigenvalue weighted by molar-refractivity contribution is -0.0610. The van der Waals surface area contributed by atoms with Gasteiger partial charge in [0.1, 0.15) is 0 Å². The van der Waals surface area contributed by atoms with E-state index in [0.29, 0.717) is 18.8 Å². The fraction of sp³-hybridized carbons (Fsp3) is 1.00. The molecule has 0 aromatic rings. The van der Waals surface area contributed by atoms with Crippen LogP contribution in [0.1, 0.15) is 64.7 Å². The van der Waals surface area contributed by atoms with Gasteiger partial charge in [-0.25, -0.2) is 0 Å². The number of hydrogen-bond donors (Lipinski definition) is 2. The summed E-state index contributed by atoms with van der Waals surface area (Å²) in [7, 11) is 0. The molecule has 17 heavy (non-hydrogen) atoms. The molecule has 1 fully saturated rings. The third-order valence-corrected chi connectivity index (χ3v) is 3.53. The van der Waals surface area contributed by atoms with E-state index < -0.39 is 0 Å². The molecule has 1 rings (SSSR count). The van der Waals surface area contributed by atoms with Crippen LogP contribution in [0.15, 0.2) is 0 Å². The van der Waals surface area contributed by atoms with Crippen molar-refractivity contribution in [2.24, 2.45) is 0 Å². The Morgan fingerprint density at radius 1 is 1.12 bits per heavy atom. The second-order valence-corrected chi connectivity index (χ2v) is 5.31. The van der Waals surface area contributed by atoms with Crippen molar-refractivity contribution >= 4 is 0 Å². The zero-order chi connectivity index (χ0) is 12.5. The molecule has 0 aromatic heterocycles. The highest BCUT2D eigenvalue weighted by Crippen LogP contribution is 2.25. The molecule has 0 amide bonds. The Bertz CT molecular complexity index is 182. The van der Waals surface area contributed by atoms with Crippen molar-refractivity contribution in [3.05, 3.63) is 0 Å². The lowest BCUT2D eigenvalue weighted by atomic mass is 9.97. The topological polar surface area (TPSA) is 49.7 Å². The van der Waals surface area contributed by atoms with Crippen LogP contribution in [0.2, 0.25) is 0 Å². The Balaban J connectivity index is 2.10. The summed E-state index contributed by atoms with van der Waals surface area (Å²) in [6.07, 6.45) is 10.3. The van der Waals surface area contributed by atoms with Gasteiger partial charge in [0.2, 0.25) is 0 Å². The van der Waals surface area contributed by atoms with Crippen LogP contribution in [-0.4, -0.2) is 35.1 Å². The minimum absolute atomic E-state index is 0.205. The summed E-state index contributed by atoms with van der Waals surface area (Å²) in [5.74, 6) is 0. The number of hydrogen-bond acceptors (Lipinski definition) is 3. The van der Waals surface area contributed by atoms with E-state index in [2.05, 4.69) is 0 Å². The fourth-order valence-corrected chi connectivity index (χ4v) is 2.49. The second kappa shape index (κ2) is 8.90. The van der Waals surface area contributed by atoms with Crippen molar-refractivity contribution in [3.63, 3.8) is 0 Å². The Morgan fingerprint density at radius 2 is 1.82 bits per heavy atom. The van der Waals surface area contributed by atoms with Gasteiger partial charge in [-0.05, 0) is 51.9 Å². The third kappa shape index (κ3) is 7.02.